The molecule has 0 aliphatic heterocycles. The third-order valence-corrected chi connectivity index (χ3v) is 3.81. The molecule has 0 radical (unpaired) electrons. The number of rotatable bonds is 2. The summed E-state index contributed by atoms with van der Waals surface area (Å²) in [7, 11) is 0. The molecule has 0 rings (SSSR count). The first-order valence-corrected chi connectivity index (χ1v) is 5.88. The summed E-state index contributed by atoms with van der Waals surface area (Å²) in [6, 6.07) is 0. The van der Waals surface area contributed by atoms with E-state index in [0.717, 1.165) is 4.44 Å². The van der Waals surface area contributed by atoms with Gasteiger partial charge >= 0.3 is 48.4 Å². The molecule has 0 aromatic carbocycles. The fraction of sp³-hybridized carbons (Fsp3) is 1.00. The van der Waals surface area contributed by atoms with Crippen molar-refractivity contribution in [3.8, 4) is 0 Å². The van der Waals surface area contributed by atoms with Crippen molar-refractivity contribution in [3.63, 3.8) is 0 Å². The quantitative estimate of drug-likeness (QED) is 0.593. The molecule has 0 aliphatic rings. The zero-order chi connectivity index (χ0) is 4.99. The summed E-state index contributed by atoms with van der Waals surface area (Å²) >= 11 is -1.24. The Morgan fingerprint density at radius 3 is 2.17 bits per heavy atom. The maximum absolute atomic E-state index is 9.93. The molecule has 2 heteroatoms. The minimum absolute atomic E-state index is 0.670. The number of hydrogen-bond acceptors (Lipinski definition) is 1. The molecule has 0 aliphatic carbocycles. The van der Waals surface area contributed by atoms with E-state index < -0.39 is 21.1 Å². The van der Waals surface area contributed by atoms with Crippen molar-refractivity contribution in [1.82, 2.24) is 0 Å². The molecule has 6 heavy (non-hydrogen) atoms. The van der Waals surface area contributed by atoms with E-state index in [1.807, 2.05) is 0 Å². The van der Waals surface area contributed by atoms with Crippen LogP contribution in [0.2, 0.25) is 4.44 Å². The molecule has 36 valence electrons. The fourth-order valence-electron chi connectivity index (χ4n) is 0.192. The van der Waals surface area contributed by atoms with Crippen LogP contribution in [0.15, 0.2) is 0 Å². The van der Waals surface area contributed by atoms with Crippen molar-refractivity contribution in [1.29, 1.82) is 0 Å². The van der Waals surface area contributed by atoms with Crippen LogP contribution in [0.3, 0.4) is 0 Å². The van der Waals surface area contributed by atoms with Crippen molar-refractivity contribution < 1.29 is 3.08 Å². The predicted octanol–water partition coefficient (Wildman–Crippen LogP) is 0.843. The molecular formula is C4H10OSn. The van der Waals surface area contributed by atoms with Gasteiger partial charge in [0.1, 0.15) is 0 Å². The van der Waals surface area contributed by atoms with Crippen molar-refractivity contribution in [2.45, 2.75) is 18.3 Å². The van der Waals surface area contributed by atoms with Gasteiger partial charge in [-0.1, -0.05) is 0 Å². The third kappa shape index (κ3) is 4.60. The molecule has 0 fully saturated rings. The van der Waals surface area contributed by atoms with E-state index in [4.69, 9.17) is 0 Å². The SMILES string of the molecule is CC(C)[CH2][SnH]=[O]. The van der Waals surface area contributed by atoms with Crippen LogP contribution in [-0.2, 0) is 3.08 Å². The second-order valence-electron chi connectivity index (χ2n) is 1.80. The summed E-state index contributed by atoms with van der Waals surface area (Å²) in [6.45, 7) is 4.20. The zero-order valence-electron chi connectivity index (χ0n) is 4.27. The van der Waals surface area contributed by atoms with Crippen LogP contribution in [-0.4, -0.2) is 21.1 Å². The van der Waals surface area contributed by atoms with Gasteiger partial charge in [-0.2, -0.15) is 0 Å². The molecule has 0 heterocycles. The third-order valence-electron chi connectivity index (χ3n) is 0.568. The Morgan fingerprint density at radius 2 is 2.17 bits per heavy atom. The Morgan fingerprint density at radius 1 is 1.67 bits per heavy atom. The van der Waals surface area contributed by atoms with Crippen LogP contribution in [0, 0.1) is 5.92 Å². The van der Waals surface area contributed by atoms with Gasteiger partial charge in [0.2, 0.25) is 0 Å². The first-order chi connectivity index (χ1) is 2.77. The van der Waals surface area contributed by atoms with Crippen LogP contribution in [0.1, 0.15) is 13.8 Å². The van der Waals surface area contributed by atoms with E-state index in [9.17, 15) is 3.08 Å². The van der Waals surface area contributed by atoms with Crippen LogP contribution >= 0.6 is 0 Å². The van der Waals surface area contributed by atoms with Crippen molar-refractivity contribution in [3.05, 3.63) is 0 Å². The Labute approximate surface area is 48.7 Å². The van der Waals surface area contributed by atoms with Gasteiger partial charge in [-0.3, -0.25) is 0 Å². The maximum atomic E-state index is 9.93. The van der Waals surface area contributed by atoms with E-state index in [0.29, 0.717) is 5.92 Å². The summed E-state index contributed by atoms with van der Waals surface area (Å²) in [5, 5.41) is 0. The van der Waals surface area contributed by atoms with Crippen molar-refractivity contribution >= 4 is 21.1 Å². The van der Waals surface area contributed by atoms with Crippen LogP contribution in [0.5, 0.6) is 0 Å². The Bertz CT molecular complexity index is 42.8. The Hall–Kier alpha value is 0.599. The van der Waals surface area contributed by atoms with E-state index >= 15 is 0 Å². The fourth-order valence-corrected chi connectivity index (χ4v) is 1.29. The molecule has 0 unspecified atom stereocenters. The van der Waals surface area contributed by atoms with Gasteiger partial charge in [0, 0.05) is 0 Å². The van der Waals surface area contributed by atoms with Gasteiger partial charge in [-0.15, -0.1) is 0 Å². The minimum atomic E-state index is -1.24. The summed E-state index contributed by atoms with van der Waals surface area (Å²) in [4.78, 5) is 0. The summed E-state index contributed by atoms with van der Waals surface area (Å²) < 4.78 is 10.9. The molecule has 0 bridgehead atoms. The monoisotopic (exact) mass is 194 g/mol. The van der Waals surface area contributed by atoms with Crippen molar-refractivity contribution in [2.75, 3.05) is 0 Å². The molecule has 0 saturated heterocycles. The van der Waals surface area contributed by atoms with Crippen LogP contribution in [0.25, 0.3) is 0 Å². The molecule has 0 amide bonds. The zero-order valence-corrected chi connectivity index (χ0v) is 7.57. The van der Waals surface area contributed by atoms with Gasteiger partial charge in [0.15, 0.2) is 0 Å². The molecule has 0 spiro atoms. The predicted molar refractivity (Wildman–Crippen MR) is 27.5 cm³/mol. The normalized spacial score (nSPS) is 9.17. The summed E-state index contributed by atoms with van der Waals surface area (Å²) in [5.41, 5.74) is 0. The van der Waals surface area contributed by atoms with Crippen LogP contribution in [0.4, 0.5) is 0 Å². The van der Waals surface area contributed by atoms with E-state index in [1.165, 1.54) is 0 Å². The molecule has 0 aromatic heterocycles. The first kappa shape index (κ1) is 6.60. The second kappa shape index (κ2) is 3.78. The standard InChI is InChI=1S/C4H9.O.Sn.H/c1-4(2)3;;;/h4H,1H2,2-3H3;;;. The molecule has 0 saturated carbocycles. The molecule has 0 N–H and O–H groups in total. The molecular weight excluding hydrogens is 183 g/mol. The average Bonchev–Trinajstić information content (AvgIpc) is 1.35. The van der Waals surface area contributed by atoms with E-state index in [2.05, 4.69) is 13.8 Å². The molecule has 0 aromatic rings. The van der Waals surface area contributed by atoms with Gasteiger partial charge in [0.25, 0.3) is 0 Å². The first-order valence-electron chi connectivity index (χ1n) is 2.21. The van der Waals surface area contributed by atoms with Crippen molar-refractivity contribution in [2.24, 2.45) is 5.92 Å². The van der Waals surface area contributed by atoms with Gasteiger partial charge < -0.3 is 0 Å². The second-order valence-corrected chi connectivity index (χ2v) is 4.09. The van der Waals surface area contributed by atoms with Gasteiger partial charge in [-0.25, -0.2) is 0 Å². The molecule has 0 atom stereocenters. The topological polar surface area (TPSA) is 17.1 Å². The molecule has 1 nitrogen and oxygen atoms in total. The van der Waals surface area contributed by atoms with Gasteiger partial charge in [0.05, 0.1) is 0 Å². The van der Waals surface area contributed by atoms with Gasteiger partial charge in [-0.05, 0) is 0 Å². The van der Waals surface area contributed by atoms with E-state index in [-0.39, 0.29) is 0 Å². The average molecular weight is 193 g/mol. The Balaban J connectivity index is 2.81. The van der Waals surface area contributed by atoms with E-state index in [1.54, 1.807) is 0 Å². The Kier molecular flexibility index (Phi) is 4.15. The number of hydrogen-bond donors (Lipinski definition) is 0. The summed E-state index contributed by atoms with van der Waals surface area (Å²) in [5.74, 6) is 0.670. The summed E-state index contributed by atoms with van der Waals surface area (Å²) in [6.07, 6.45) is 0. The van der Waals surface area contributed by atoms with Crippen LogP contribution < -0.4 is 0 Å².